The van der Waals surface area contributed by atoms with E-state index in [4.69, 9.17) is 4.42 Å². The summed E-state index contributed by atoms with van der Waals surface area (Å²) in [6.07, 6.45) is 0. The maximum atomic E-state index is 11.9. The maximum absolute atomic E-state index is 11.9. The quantitative estimate of drug-likeness (QED) is 0.458. The molecule has 0 aliphatic rings. The first kappa shape index (κ1) is 16.8. The molecular formula is C21H22O2S. The zero-order valence-corrected chi connectivity index (χ0v) is 15.6. The molecule has 3 aromatic rings. The second-order valence-electron chi connectivity index (χ2n) is 6.47. The van der Waals surface area contributed by atoms with Crippen molar-refractivity contribution in [2.75, 3.05) is 0 Å². The average Bonchev–Trinajstić information content (AvgIpc) is 2.52. The Kier molecular flexibility index (Phi) is 4.55. The first-order valence-corrected chi connectivity index (χ1v) is 9.09. The molecule has 2 nitrogen and oxygen atoms in total. The first-order chi connectivity index (χ1) is 11.4. The lowest BCUT2D eigenvalue weighted by atomic mass is 10.0. The molecule has 0 saturated carbocycles. The molecule has 1 aromatic heterocycles. The fraction of sp³-hybridized carbons (Fsp3) is 0.286. The van der Waals surface area contributed by atoms with Crippen LogP contribution in [0.2, 0.25) is 0 Å². The Bertz CT molecular complexity index is 957. The Hall–Kier alpha value is -2.00. The van der Waals surface area contributed by atoms with E-state index in [1.807, 2.05) is 19.1 Å². The highest BCUT2D eigenvalue weighted by Crippen LogP contribution is 2.34. The molecular weight excluding hydrogens is 316 g/mol. The summed E-state index contributed by atoms with van der Waals surface area (Å²) in [7, 11) is 0. The minimum Gasteiger partial charge on any atom is -0.423 e. The molecule has 0 spiro atoms. The van der Waals surface area contributed by atoms with Crippen LogP contribution >= 0.6 is 11.8 Å². The van der Waals surface area contributed by atoms with Gasteiger partial charge in [0.1, 0.15) is 5.58 Å². The van der Waals surface area contributed by atoms with E-state index in [-0.39, 0.29) is 5.63 Å². The molecule has 0 radical (unpaired) electrons. The van der Waals surface area contributed by atoms with E-state index in [9.17, 15) is 4.79 Å². The molecule has 0 aliphatic carbocycles. The summed E-state index contributed by atoms with van der Waals surface area (Å²) in [4.78, 5) is 13.2. The van der Waals surface area contributed by atoms with Crippen LogP contribution in [0.5, 0.6) is 0 Å². The molecule has 3 heteroatoms. The molecule has 3 rings (SSSR count). The lowest BCUT2D eigenvalue weighted by molar-refractivity contribution is 0.559. The van der Waals surface area contributed by atoms with Gasteiger partial charge in [-0.15, -0.1) is 11.8 Å². The molecule has 2 aromatic carbocycles. The molecule has 0 unspecified atom stereocenters. The van der Waals surface area contributed by atoms with Gasteiger partial charge in [0.05, 0.1) is 0 Å². The molecule has 0 aliphatic heterocycles. The van der Waals surface area contributed by atoms with E-state index >= 15 is 0 Å². The second kappa shape index (κ2) is 6.48. The van der Waals surface area contributed by atoms with Crippen LogP contribution < -0.4 is 5.63 Å². The highest BCUT2D eigenvalue weighted by atomic mass is 32.2. The number of thioether (sulfide) groups is 1. The van der Waals surface area contributed by atoms with Crippen molar-refractivity contribution in [1.29, 1.82) is 0 Å². The Labute approximate surface area is 146 Å². The monoisotopic (exact) mass is 338 g/mol. The topological polar surface area (TPSA) is 30.2 Å². The second-order valence-corrected chi connectivity index (χ2v) is 7.45. The van der Waals surface area contributed by atoms with Gasteiger partial charge in [0.25, 0.3) is 0 Å². The van der Waals surface area contributed by atoms with Gasteiger partial charge in [-0.2, -0.15) is 0 Å². The van der Waals surface area contributed by atoms with E-state index in [1.54, 1.807) is 17.8 Å². The summed E-state index contributed by atoms with van der Waals surface area (Å²) >= 11 is 1.80. The Morgan fingerprint density at radius 2 is 1.58 bits per heavy atom. The summed E-state index contributed by atoms with van der Waals surface area (Å²) < 4.78 is 5.36. The van der Waals surface area contributed by atoms with Crippen molar-refractivity contribution in [2.45, 2.75) is 45.3 Å². The molecule has 0 bridgehead atoms. The Morgan fingerprint density at radius 3 is 2.25 bits per heavy atom. The van der Waals surface area contributed by atoms with Crippen LogP contribution in [0.1, 0.15) is 33.4 Å². The van der Waals surface area contributed by atoms with Gasteiger partial charge in [-0.25, -0.2) is 4.79 Å². The number of fused-ring (bicyclic) bond motifs is 1. The molecule has 0 atom stereocenters. The smallest absolute Gasteiger partial charge is 0.336 e. The third kappa shape index (κ3) is 3.13. The van der Waals surface area contributed by atoms with E-state index in [2.05, 4.69) is 39.8 Å². The van der Waals surface area contributed by atoms with Crippen molar-refractivity contribution in [3.05, 3.63) is 74.1 Å². The van der Waals surface area contributed by atoms with Crippen molar-refractivity contribution in [1.82, 2.24) is 0 Å². The summed E-state index contributed by atoms with van der Waals surface area (Å²) in [5.74, 6) is 0.760. The van der Waals surface area contributed by atoms with Crippen LogP contribution in [-0.2, 0) is 5.75 Å². The predicted octanol–water partition coefficient (Wildman–Crippen LogP) is 5.63. The molecule has 0 N–H and O–H groups in total. The van der Waals surface area contributed by atoms with Crippen molar-refractivity contribution >= 4 is 22.7 Å². The molecule has 0 saturated heterocycles. The van der Waals surface area contributed by atoms with Crippen molar-refractivity contribution in [3.63, 3.8) is 0 Å². The van der Waals surface area contributed by atoms with E-state index in [1.165, 1.54) is 27.1 Å². The van der Waals surface area contributed by atoms with Crippen LogP contribution in [-0.4, -0.2) is 0 Å². The molecule has 0 fully saturated rings. The van der Waals surface area contributed by atoms with Gasteiger partial charge in [-0.3, -0.25) is 0 Å². The van der Waals surface area contributed by atoms with Crippen LogP contribution in [0.25, 0.3) is 11.0 Å². The van der Waals surface area contributed by atoms with Gasteiger partial charge in [0.2, 0.25) is 0 Å². The van der Waals surface area contributed by atoms with Crippen molar-refractivity contribution in [2.24, 2.45) is 0 Å². The van der Waals surface area contributed by atoms with E-state index in [0.29, 0.717) is 5.58 Å². The number of hydrogen-bond donors (Lipinski definition) is 0. The van der Waals surface area contributed by atoms with Gasteiger partial charge in [-0.05, 0) is 74.1 Å². The third-order valence-electron chi connectivity index (χ3n) is 4.65. The molecule has 1 heterocycles. The summed E-state index contributed by atoms with van der Waals surface area (Å²) in [5, 5.41) is 1.02. The largest absolute Gasteiger partial charge is 0.423 e. The lowest BCUT2D eigenvalue weighted by Gasteiger charge is -2.15. The van der Waals surface area contributed by atoms with E-state index in [0.717, 1.165) is 22.3 Å². The van der Waals surface area contributed by atoms with Gasteiger partial charge >= 0.3 is 5.63 Å². The van der Waals surface area contributed by atoms with Crippen LogP contribution in [0, 0.1) is 34.6 Å². The van der Waals surface area contributed by atoms with Crippen LogP contribution in [0.15, 0.2) is 44.4 Å². The number of benzene rings is 2. The fourth-order valence-electron chi connectivity index (χ4n) is 3.00. The van der Waals surface area contributed by atoms with E-state index < -0.39 is 0 Å². The minimum absolute atomic E-state index is 0.280. The summed E-state index contributed by atoms with van der Waals surface area (Å²) in [6, 6.07) is 9.90. The molecule has 24 heavy (non-hydrogen) atoms. The van der Waals surface area contributed by atoms with Gasteiger partial charge < -0.3 is 4.42 Å². The normalized spacial score (nSPS) is 11.2. The molecule has 124 valence electrons. The SMILES string of the molecule is Cc1ccc2c(CSc3c(C)c(C)cc(C)c3C)cc(=O)oc2c1. The maximum Gasteiger partial charge on any atom is 0.336 e. The van der Waals surface area contributed by atoms with Crippen LogP contribution in [0.4, 0.5) is 0 Å². The lowest BCUT2D eigenvalue weighted by Crippen LogP contribution is -2.00. The predicted molar refractivity (Wildman–Crippen MR) is 102 cm³/mol. The van der Waals surface area contributed by atoms with Gasteiger partial charge in [0.15, 0.2) is 0 Å². The average molecular weight is 338 g/mol. The zero-order chi connectivity index (χ0) is 17.4. The van der Waals surface area contributed by atoms with Gasteiger partial charge in [-0.1, -0.05) is 18.2 Å². The molecule has 0 amide bonds. The van der Waals surface area contributed by atoms with Crippen LogP contribution in [0.3, 0.4) is 0 Å². The third-order valence-corrected chi connectivity index (χ3v) is 6.01. The summed E-state index contributed by atoms with van der Waals surface area (Å²) in [6.45, 7) is 10.7. The first-order valence-electron chi connectivity index (χ1n) is 8.10. The van der Waals surface area contributed by atoms with Crippen molar-refractivity contribution < 1.29 is 4.42 Å². The zero-order valence-electron chi connectivity index (χ0n) is 14.8. The number of rotatable bonds is 3. The standard InChI is InChI=1S/C21H22O2S/c1-12-6-7-18-17(10-20(22)23-19(18)8-12)11-24-21-15(4)13(2)9-14(3)16(21)5/h6-10H,11H2,1-5H3. The fourth-order valence-corrected chi connectivity index (χ4v) is 4.30. The number of aryl methyl sites for hydroxylation is 3. The highest BCUT2D eigenvalue weighted by Gasteiger charge is 2.11. The number of hydrogen-bond acceptors (Lipinski definition) is 3. The highest BCUT2D eigenvalue weighted by molar-refractivity contribution is 7.98. The van der Waals surface area contributed by atoms with Gasteiger partial charge in [0, 0.05) is 22.1 Å². The Balaban J connectivity index is 2.02. The minimum atomic E-state index is -0.280. The summed E-state index contributed by atoms with van der Waals surface area (Å²) in [5.41, 5.74) is 7.80. The Morgan fingerprint density at radius 1 is 0.917 bits per heavy atom. The van der Waals surface area contributed by atoms with Crippen molar-refractivity contribution in [3.8, 4) is 0 Å².